The zero-order valence-corrected chi connectivity index (χ0v) is 14.7. The highest BCUT2D eigenvalue weighted by molar-refractivity contribution is 7.89. The third kappa shape index (κ3) is 3.07. The van der Waals surface area contributed by atoms with Crippen LogP contribution < -0.4 is 4.72 Å². The fourth-order valence-corrected chi connectivity index (χ4v) is 4.94. The van der Waals surface area contributed by atoms with Gasteiger partial charge < -0.3 is 4.98 Å². The predicted octanol–water partition coefficient (Wildman–Crippen LogP) is 3.45. The summed E-state index contributed by atoms with van der Waals surface area (Å²) in [5, 5.41) is 0.968. The maximum atomic E-state index is 13.4. The number of aromatic amines is 1. The molecule has 3 aromatic rings. The highest BCUT2D eigenvalue weighted by atomic mass is 32.2. The second-order valence-corrected chi connectivity index (χ2v) is 8.36. The van der Waals surface area contributed by atoms with Crippen molar-refractivity contribution in [2.75, 3.05) is 0 Å². The van der Waals surface area contributed by atoms with Gasteiger partial charge in [-0.2, -0.15) is 0 Å². The van der Waals surface area contributed by atoms with Gasteiger partial charge in [-0.3, -0.25) is 0 Å². The fraction of sp³-hybridized carbons (Fsp3) is 0.263. The van der Waals surface area contributed by atoms with E-state index < -0.39 is 10.0 Å². The lowest BCUT2D eigenvalue weighted by Crippen LogP contribution is -2.38. The van der Waals surface area contributed by atoms with Gasteiger partial charge in [-0.25, -0.2) is 17.5 Å². The van der Waals surface area contributed by atoms with E-state index in [2.05, 4.69) is 9.71 Å². The minimum Gasteiger partial charge on any atom is -0.358 e. The Hall–Kier alpha value is -2.18. The molecule has 2 N–H and O–H groups in total. The Balaban J connectivity index is 1.61. The van der Waals surface area contributed by atoms with Crippen LogP contribution in [-0.2, 0) is 22.9 Å². The van der Waals surface area contributed by atoms with Crippen molar-refractivity contribution >= 4 is 20.9 Å². The second-order valence-electron chi connectivity index (χ2n) is 6.65. The van der Waals surface area contributed by atoms with Crippen LogP contribution in [-0.4, -0.2) is 19.4 Å². The predicted molar refractivity (Wildman–Crippen MR) is 95.6 cm³/mol. The Kier molecular flexibility index (Phi) is 3.89. The van der Waals surface area contributed by atoms with Crippen LogP contribution in [0.5, 0.6) is 0 Å². The van der Waals surface area contributed by atoms with Gasteiger partial charge in [0.05, 0.1) is 4.90 Å². The van der Waals surface area contributed by atoms with E-state index in [1.54, 1.807) is 24.3 Å². The van der Waals surface area contributed by atoms with Crippen LogP contribution in [0.25, 0.3) is 10.9 Å². The SMILES string of the molecule is Cc1cccc(S(=O)(=O)NC2CCc3[nH]c4cc(F)ccc4c3C2)c1. The van der Waals surface area contributed by atoms with Crippen molar-refractivity contribution in [3.63, 3.8) is 0 Å². The number of sulfonamides is 1. The third-order valence-corrected chi connectivity index (χ3v) is 6.29. The van der Waals surface area contributed by atoms with E-state index in [4.69, 9.17) is 0 Å². The number of benzene rings is 2. The Morgan fingerprint density at radius 1 is 1.20 bits per heavy atom. The molecule has 0 saturated heterocycles. The number of hydrogen-bond donors (Lipinski definition) is 2. The zero-order valence-electron chi connectivity index (χ0n) is 13.8. The molecule has 130 valence electrons. The monoisotopic (exact) mass is 358 g/mol. The molecule has 1 heterocycles. The maximum absolute atomic E-state index is 13.4. The van der Waals surface area contributed by atoms with Crippen LogP contribution >= 0.6 is 0 Å². The molecule has 0 radical (unpaired) electrons. The lowest BCUT2D eigenvalue weighted by Gasteiger charge is -2.23. The molecule has 1 atom stereocenters. The molecular weight excluding hydrogens is 339 g/mol. The lowest BCUT2D eigenvalue weighted by molar-refractivity contribution is 0.506. The molecule has 0 fully saturated rings. The summed E-state index contributed by atoms with van der Waals surface area (Å²) in [6.07, 6.45) is 2.06. The summed E-state index contributed by atoms with van der Waals surface area (Å²) in [6, 6.07) is 11.4. The van der Waals surface area contributed by atoms with E-state index in [0.717, 1.165) is 34.1 Å². The van der Waals surface area contributed by atoms with Crippen LogP contribution in [0.3, 0.4) is 0 Å². The van der Waals surface area contributed by atoms with E-state index in [1.807, 2.05) is 13.0 Å². The number of nitrogens with one attached hydrogen (secondary N) is 2. The topological polar surface area (TPSA) is 62.0 Å². The first kappa shape index (κ1) is 16.3. The Morgan fingerprint density at radius 2 is 2.04 bits per heavy atom. The first-order valence-electron chi connectivity index (χ1n) is 8.30. The molecule has 2 aromatic carbocycles. The van der Waals surface area contributed by atoms with Gasteiger partial charge in [0.2, 0.25) is 10.0 Å². The molecule has 4 nitrogen and oxygen atoms in total. The normalized spacial score (nSPS) is 17.6. The quantitative estimate of drug-likeness (QED) is 0.753. The Labute approximate surface area is 146 Å². The summed E-state index contributed by atoms with van der Waals surface area (Å²) in [5.41, 5.74) is 3.84. The van der Waals surface area contributed by atoms with E-state index in [-0.39, 0.29) is 11.9 Å². The van der Waals surface area contributed by atoms with Crippen molar-refractivity contribution < 1.29 is 12.8 Å². The summed E-state index contributed by atoms with van der Waals surface area (Å²) < 4.78 is 41.5. The van der Waals surface area contributed by atoms with Crippen molar-refractivity contribution in [2.45, 2.75) is 37.1 Å². The smallest absolute Gasteiger partial charge is 0.240 e. The van der Waals surface area contributed by atoms with Crippen molar-refractivity contribution in [3.05, 3.63) is 65.1 Å². The lowest BCUT2D eigenvalue weighted by atomic mass is 9.92. The highest BCUT2D eigenvalue weighted by Gasteiger charge is 2.26. The first-order chi connectivity index (χ1) is 11.9. The van der Waals surface area contributed by atoms with Gasteiger partial charge in [-0.05, 0) is 67.6 Å². The number of aromatic nitrogens is 1. The standard InChI is InChI=1S/C19H19FN2O2S/c1-12-3-2-4-15(9-12)25(23,24)22-14-6-8-18-17(11-14)16-7-5-13(20)10-19(16)21-18/h2-5,7,9-10,14,21-22H,6,8,11H2,1H3. The molecule has 0 spiro atoms. The molecule has 1 aliphatic rings. The molecule has 6 heteroatoms. The molecule has 0 aliphatic heterocycles. The van der Waals surface area contributed by atoms with Gasteiger partial charge in [-0.1, -0.05) is 12.1 Å². The molecule has 0 bridgehead atoms. The number of hydrogen-bond acceptors (Lipinski definition) is 2. The van der Waals surface area contributed by atoms with E-state index in [9.17, 15) is 12.8 Å². The summed E-state index contributed by atoms with van der Waals surface area (Å²) in [6.45, 7) is 1.87. The van der Waals surface area contributed by atoms with Crippen molar-refractivity contribution in [1.29, 1.82) is 0 Å². The fourth-order valence-electron chi connectivity index (χ4n) is 3.57. The van der Waals surface area contributed by atoms with Crippen LogP contribution in [0.2, 0.25) is 0 Å². The molecule has 0 saturated carbocycles. The summed E-state index contributed by atoms with van der Waals surface area (Å²) in [4.78, 5) is 3.55. The minimum absolute atomic E-state index is 0.165. The third-order valence-electron chi connectivity index (χ3n) is 4.77. The number of fused-ring (bicyclic) bond motifs is 3. The van der Waals surface area contributed by atoms with Gasteiger partial charge in [0.15, 0.2) is 0 Å². The van der Waals surface area contributed by atoms with Crippen molar-refractivity contribution in [2.24, 2.45) is 0 Å². The molecule has 0 amide bonds. The van der Waals surface area contributed by atoms with Gasteiger partial charge in [0.1, 0.15) is 5.82 Å². The van der Waals surface area contributed by atoms with Crippen LogP contribution in [0, 0.1) is 12.7 Å². The molecule has 1 aromatic heterocycles. The largest absolute Gasteiger partial charge is 0.358 e. The average Bonchev–Trinajstić information content (AvgIpc) is 2.91. The van der Waals surface area contributed by atoms with Gasteiger partial charge in [0.25, 0.3) is 0 Å². The number of halogens is 1. The molecule has 1 aliphatic carbocycles. The number of aryl methyl sites for hydroxylation is 2. The van der Waals surface area contributed by atoms with E-state index >= 15 is 0 Å². The van der Waals surface area contributed by atoms with Crippen LogP contribution in [0.4, 0.5) is 4.39 Å². The minimum atomic E-state index is -3.55. The van der Waals surface area contributed by atoms with Gasteiger partial charge in [-0.15, -0.1) is 0 Å². The van der Waals surface area contributed by atoms with Gasteiger partial charge >= 0.3 is 0 Å². The van der Waals surface area contributed by atoms with Gasteiger partial charge in [0, 0.05) is 22.6 Å². The average molecular weight is 358 g/mol. The molecule has 1 unspecified atom stereocenters. The first-order valence-corrected chi connectivity index (χ1v) is 9.79. The second kappa shape index (κ2) is 5.97. The molecule has 4 rings (SSSR count). The van der Waals surface area contributed by atoms with E-state index in [1.165, 1.54) is 12.1 Å². The molecule has 25 heavy (non-hydrogen) atoms. The van der Waals surface area contributed by atoms with E-state index in [0.29, 0.717) is 17.7 Å². The summed E-state index contributed by atoms with van der Waals surface area (Å²) in [7, 11) is -3.55. The Bertz CT molecular complexity index is 1060. The Morgan fingerprint density at radius 3 is 2.84 bits per heavy atom. The summed E-state index contributed by atoms with van der Waals surface area (Å²) >= 11 is 0. The van der Waals surface area contributed by atoms with Crippen molar-refractivity contribution in [3.8, 4) is 0 Å². The summed E-state index contributed by atoms with van der Waals surface area (Å²) in [5.74, 6) is -0.275. The van der Waals surface area contributed by atoms with Crippen LogP contribution in [0.15, 0.2) is 47.4 Å². The molecular formula is C19H19FN2O2S. The van der Waals surface area contributed by atoms with Crippen molar-refractivity contribution in [1.82, 2.24) is 9.71 Å². The maximum Gasteiger partial charge on any atom is 0.240 e. The van der Waals surface area contributed by atoms with Crippen LogP contribution in [0.1, 0.15) is 23.2 Å². The highest BCUT2D eigenvalue weighted by Crippen LogP contribution is 2.30. The number of rotatable bonds is 3. The zero-order chi connectivity index (χ0) is 17.6. The number of H-pyrrole nitrogens is 1.